The van der Waals surface area contributed by atoms with Crippen LogP contribution >= 0.6 is 11.6 Å². The van der Waals surface area contributed by atoms with E-state index in [1.165, 1.54) is 64.9 Å². The molecule has 174 valence electrons. The summed E-state index contributed by atoms with van der Waals surface area (Å²) in [6.07, 6.45) is 16.1. The number of carbonyl (C=O) groups is 1. The molecule has 0 atom stereocenters. The number of aryl methyl sites for hydroxylation is 2. The standard InChI is InChI=1S/C23H37ClN4O3/c1-18-25-21(24)20-22(26-18)28(23(30)27-20)17-15-13-11-9-7-5-3-4-6-8-10-12-14-16-19(29)31-2/h3-17H2,1-2H3,(H,27,30). The second-order valence-corrected chi connectivity index (χ2v) is 8.62. The van der Waals surface area contributed by atoms with Gasteiger partial charge in [0.15, 0.2) is 10.8 Å². The summed E-state index contributed by atoms with van der Waals surface area (Å²) in [7, 11) is 1.45. The highest BCUT2D eigenvalue weighted by Crippen LogP contribution is 2.18. The van der Waals surface area contributed by atoms with E-state index in [2.05, 4.69) is 19.7 Å². The van der Waals surface area contributed by atoms with Gasteiger partial charge in [0.05, 0.1) is 7.11 Å². The first kappa shape index (κ1) is 25.4. The van der Waals surface area contributed by atoms with E-state index in [0.717, 1.165) is 25.7 Å². The molecule has 0 aliphatic heterocycles. The molecule has 0 aromatic carbocycles. The molecule has 0 saturated heterocycles. The van der Waals surface area contributed by atoms with Crippen LogP contribution in [0.2, 0.25) is 5.15 Å². The van der Waals surface area contributed by atoms with E-state index in [0.29, 0.717) is 35.1 Å². The molecule has 0 radical (unpaired) electrons. The van der Waals surface area contributed by atoms with Gasteiger partial charge in [-0.15, -0.1) is 0 Å². The number of H-pyrrole nitrogens is 1. The maximum Gasteiger partial charge on any atom is 0.327 e. The Kier molecular flexibility index (Phi) is 11.6. The number of halogens is 1. The summed E-state index contributed by atoms with van der Waals surface area (Å²) < 4.78 is 6.32. The lowest BCUT2D eigenvalue weighted by molar-refractivity contribution is -0.140. The van der Waals surface area contributed by atoms with Gasteiger partial charge in [-0.3, -0.25) is 9.36 Å². The lowest BCUT2D eigenvalue weighted by atomic mass is 10.0. The second kappa shape index (κ2) is 14.2. The van der Waals surface area contributed by atoms with Crippen molar-refractivity contribution in [2.24, 2.45) is 0 Å². The second-order valence-electron chi connectivity index (χ2n) is 8.26. The number of imidazole rings is 1. The average molecular weight is 453 g/mol. The highest BCUT2D eigenvalue weighted by Gasteiger charge is 2.12. The van der Waals surface area contributed by atoms with Gasteiger partial charge in [0.1, 0.15) is 11.3 Å². The molecule has 2 aromatic heterocycles. The SMILES string of the molecule is COC(=O)CCCCCCCCCCCCCCCn1c(=O)[nH]c2c(Cl)nc(C)nc21. The fraction of sp³-hybridized carbons (Fsp3) is 0.739. The number of nitrogens with zero attached hydrogens (tertiary/aromatic N) is 3. The minimum Gasteiger partial charge on any atom is -0.469 e. The number of nitrogens with one attached hydrogen (secondary N) is 1. The van der Waals surface area contributed by atoms with Crippen LogP contribution in [0.3, 0.4) is 0 Å². The van der Waals surface area contributed by atoms with Gasteiger partial charge < -0.3 is 9.72 Å². The van der Waals surface area contributed by atoms with Crippen LogP contribution in [0.4, 0.5) is 0 Å². The van der Waals surface area contributed by atoms with Crippen LogP contribution in [-0.2, 0) is 16.1 Å². The van der Waals surface area contributed by atoms with Crippen molar-refractivity contribution in [3.8, 4) is 0 Å². The Balaban J connectivity index is 1.45. The number of rotatable bonds is 16. The number of unbranched alkanes of at least 4 members (excludes halogenated alkanes) is 12. The zero-order valence-electron chi connectivity index (χ0n) is 19.1. The molecular weight excluding hydrogens is 416 g/mol. The Morgan fingerprint density at radius 3 is 1.97 bits per heavy atom. The van der Waals surface area contributed by atoms with E-state index in [9.17, 15) is 9.59 Å². The lowest BCUT2D eigenvalue weighted by Gasteiger charge is -2.05. The van der Waals surface area contributed by atoms with Crippen LogP contribution in [0.25, 0.3) is 11.2 Å². The van der Waals surface area contributed by atoms with Crippen molar-refractivity contribution in [2.75, 3.05) is 7.11 Å². The van der Waals surface area contributed by atoms with Gasteiger partial charge >= 0.3 is 11.7 Å². The zero-order chi connectivity index (χ0) is 22.5. The summed E-state index contributed by atoms with van der Waals surface area (Å²) in [4.78, 5) is 34.4. The molecule has 1 N–H and O–H groups in total. The molecule has 0 saturated carbocycles. The highest BCUT2D eigenvalue weighted by molar-refractivity contribution is 6.33. The molecule has 7 nitrogen and oxygen atoms in total. The smallest absolute Gasteiger partial charge is 0.327 e. The van der Waals surface area contributed by atoms with Crippen LogP contribution in [0.15, 0.2) is 4.79 Å². The van der Waals surface area contributed by atoms with Gasteiger partial charge in [0.2, 0.25) is 0 Å². The molecule has 31 heavy (non-hydrogen) atoms. The van der Waals surface area contributed by atoms with Crippen LogP contribution < -0.4 is 5.69 Å². The van der Waals surface area contributed by atoms with Gasteiger partial charge in [-0.2, -0.15) is 0 Å². The Morgan fingerprint density at radius 1 is 0.903 bits per heavy atom. The van der Waals surface area contributed by atoms with E-state index < -0.39 is 0 Å². The number of carbonyl (C=O) groups excluding carboxylic acids is 1. The summed E-state index contributed by atoms with van der Waals surface area (Å²) in [5, 5.41) is 0.303. The summed E-state index contributed by atoms with van der Waals surface area (Å²) in [5.74, 6) is 0.477. The van der Waals surface area contributed by atoms with Crippen molar-refractivity contribution in [1.82, 2.24) is 19.5 Å². The average Bonchev–Trinajstić information content (AvgIpc) is 3.06. The Bertz CT molecular complexity index is 862. The molecule has 0 unspecified atom stereocenters. The molecule has 8 heteroatoms. The topological polar surface area (TPSA) is 89.9 Å². The maximum atomic E-state index is 12.2. The minimum atomic E-state index is -0.166. The molecule has 0 bridgehead atoms. The summed E-state index contributed by atoms with van der Waals surface area (Å²) in [5.41, 5.74) is 0.963. The van der Waals surface area contributed by atoms with Gasteiger partial charge in [0.25, 0.3) is 0 Å². The molecule has 2 heterocycles. The molecule has 0 aliphatic rings. The molecule has 0 amide bonds. The Morgan fingerprint density at radius 2 is 1.42 bits per heavy atom. The zero-order valence-corrected chi connectivity index (χ0v) is 19.8. The van der Waals surface area contributed by atoms with Crippen LogP contribution in [0.1, 0.15) is 95.7 Å². The van der Waals surface area contributed by atoms with Crippen LogP contribution in [0, 0.1) is 6.92 Å². The van der Waals surface area contributed by atoms with E-state index in [1.807, 2.05) is 0 Å². The molecule has 0 aliphatic carbocycles. The van der Waals surface area contributed by atoms with Gasteiger partial charge in [-0.1, -0.05) is 82.2 Å². The number of ether oxygens (including phenoxy) is 1. The largest absolute Gasteiger partial charge is 0.469 e. The number of fused-ring (bicyclic) bond motifs is 1. The summed E-state index contributed by atoms with van der Waals surface area (Å²) in [6.45, 7) is 2.44. The predicted molar refractivity (Wildman–Crippen MR) is 125 cm³/mol. The third-order valence-electron chi connectivity index (χ3n) is 5.68. The summed E-state index contributed by atoms with van der Waals surface area (Å²) >= 11 is 6.11. The number of methoxy groups -OCH3 is 1. The van der Waals surface area contributed by atoms with Gasteiger partial charge in [-0.05, 0) is 19.8 Å². The van der Waals surface area contributed by atoms with E-state index in [1.54, 1.807) is 11.5 Å². The monoisotopic (exact) mass is 452 g/mol. The van der Waals surface area contributed by atoms with Crippen molar-refractivity contribution in [1.29, 1.82) is 0 Å². The van der Waals surface area contributed by atoms with E-state index in [-0.39, 0.29) is 11.7 Å². The van der Waals surface area contributed by atoms with Crippen molar-refractivity contribution < 1.29 is 9.53 Å². The van der Waals surface area contributed by atoms with Crippen molar-refractivity contribution in [3.05, 3.63) is 21.5 Å². The lowest BCUT2D eigenvalue weighted by Crippen LogP contribution is -2.17. The molecule has 2 rings (SSSR count). The quantitative estimate of drug-likeness (QED) is 0.200. The van der Waals surface area contributed by atoms with Crippen LogP contribution in [0.5, 0.6) is 0 Å². The Labute approximate surface area is 189 Å². The number of hydrogen-bond donors (Lipinski definition) is 1. The number of aromatic nitrogens is 4. The third-order valence-corrected chi connectivity index (χ3v) is 5.95. The van der Waals surface area contributed by atoms with Gasteiger partial charge in [-0.25, -0.2) is 14.8 Å². The van der Waals surface area contributed by atoms with E-state index in [4.69, 9.17) is 11.6 Å². The molecule has 0 fully saturated rings. The first-order valence-electron chi connectivity index (χ1n) is 11.7. The van der Waals surface area contributed by atoms with Crippen LogP contribution in [-0.4, -0.2) is 32.6 Å². The van der Waals surface area contributed by atoms with Crippen molar-refractivity contribution in [3.63, 3.8) is 0 Å². The van der Waals surface area contributed by atoms with Gasteiger partial charge in [0, 0.05) is 13.0 Å². The number of aromatic amines is 1. The van der Waals surface area contributed by atoms with Crippen molar-refractivity contribution >= 4 is 28.7 Å². The fourth-order valence-electron chi connectivity index (χ4n) is 3.89. The molecular formula is C23H37ClN4O3. The molecule has 2 aromatic rings. The van der Waals surface area contributed by atoms with Crippen molar-refractivity contribution in [2.45, 2.75) is 103 Å². The predicted octanol–water partition coefficient (Wildman–Crippen LogP) is 5.72. The first-order chi connectivity index (χ1) is 15.0. The third kappa shape index (κ3) is 9.01. The summed E-state index contributed by atoms with van der Waals surface area (Å²) in [6, 6.07) is 0. The minimum absolute atomic E-state index is 0.0959. The number of hydrogen-bond acceptors (Lipinski definition) is 5. The fourth-order valence-corrected chi connectivity index (χ4v) is 4.15. The van der Waals surface area contributed by atoms with E-state index >= 15 is 0 Å². The Hall–Kier alpha value is -1.89. The maximum absolute atomic E-state index is 12.2. The highest BCUT2D eigenvalue weighted by atomic mass is 35.5. The normalized spacial score (nSPS) is 11.3. The molecule has 0 spiro atoms. The number of esters is 1. The first-order valence-corrected chi connectivity index (χ1v) is 12.1.